The summed E-state index contributed by atoms with van der Waals surface area (Å²) in [6.07, 6.45) is 4.08. The number of likely N-dealkylation sites (tertiary alicyclic amines) is 1. The second-order valence-corrected chi connectivity index (χ2v) is 5.79. The van der Waals surface area contributed by atoms with Crippen molar-refractivity contribution in [3.63, 3.8) is 0 Å². The molecule has 4 nitrogen and oxygen atoms in total. The number of nitrogens with zero attached hydrogens (tertiary/aromatic N) is 1. The molecule has 0 aromatic heterocycles. The minimum Gasteiger partial charge on any atom is -0.356 e. The van der Waals surface area contributed by atoms with E-state index in [1.807, 2.05) is 0 Å². The fraction of sp³-hybridized carbons (Fsp3) is 0.929. The molecule has 0 saturated carbocycles. The molecular weight excluding hydrogens is 226 g/mol. The highest BCUT2D eigenvalue weighted by Crippen LogP contribution is 2.13. The Bertz CT molecular complexity index is 243. The Morgan fingerprint density at radius 1 is 1.44 bits per heavy atom. The Labute approximate surface area is 111 Å². The first-order valence-corrected chi connectivity index (χ1v) is 7.26. The van der Waals surface area contributed by atoms with Crippen molar-refractivity contribution in [2.24, 2.45) is 5.92 Å². The Morgan fingerprint density at radius 2 is 2.22 bits per heavy atom. The van der Waals surface area contributed by atoms with E-state index >= 15 is 0 Å². The van der Waals surface area contributed by atoms with Gasteiger partial charge >= 0.3 is 0 Å². The van der Waals surface area contributed by atoms with Gasteiger partial charge in [-0.05, 0) is 45.3 Å². The second-order valence-electron chi connectivity index (χ2n) is 5.79. The zero-order valence-corrected chi connectivity index (χ0v) is 12.2. The molecule has 1 unspecified atom stereocenters. The van der Waals surface area contributed by atoms with Crippen LogP contribution in [0.3, 0.4) is 0 Å². The molecular formula is C14H29N3O. The zero-order chi connectivity index (χ0) is 13.4. The maximum absolute atomic E-state index is 11.7. The van der Waals surface area contributed by atoms with E-state index in [0.29, 0.717) is 18.4 Å². The van der Waals surface area contributed by atoms with Gasteiger partial charge in [-0.2, -0.15) is 0 Å². The van der Waals surface area contributed by atoms with Gasteiger partial charge in [-0.15, -0.1) is 0 Å². The average Bonchev–Trinajstić information content (AvgIpc) is 2.32. The summed E-state index contributed by atoms with van der Waals surface area (Å²) in [6, 6.07) is 0.505. The van der Waals surface area contributed by atoms with Crippen molar-refractivity contribution in [2.75, 3.05) is 33.2 Å². The van der Waals surface area contributed by atoms with Gasteiger partial charge in [0.25, 0.3) is 0 Å². The van der Waals surface area contributed by atoms with Crippen LogP contribution in [0.5, 0.6) is 0 Å². The summed E-state index contributed by atoms with van der Waals surface area (Å²) in [7, 11) is 2.16. The van der Waals surface area contributed by atoms with Gasteiger partial charge in [-0.1, -0.05) is 13.8 Å². The van der Waals surface area contributed by atoms with Crippen molar-refractivity contribution in [1.29, 1.82) is 0 Å². The third-order valence-corrected chi connectivity index (χ3v) is 3.44. The molecule has 0 aromatic carbocycles. The number of nitrogens with one attached hydrogen (secondary N) is 2. The van der Waals surface area contributed by atoms with Gasteiger partial charge in [0.05, 0.1) is 0 Å². The van der Waals surface area contributed by atoms with Crippen LogP contribution in [0.25, 0.3) is 0 Å². The molecule has 106 valence electrons. The lowest BCUT2D eigenvalue weighted by molar-refractivity contribution is -0.121. The van der Waals surface area contributed by atoms with Crippen LogP contribution in [0.1, 0.15) is 39.5 Å². The third kappa shape index (κ3) is 6.97. The van der Waals surface area contributed by atoms with Gasteiger partial charge < -0.3 is 15.5 Å². The van der Waals surface area contributed by atoms with E-state index in [2.05, 4.69) is 36.4 Å². The molecule has 1 rings (SSSR count). The summed E-state index contributed by atoms with van der Waals surface area (Å²) >= 11 is 0. The van der Waals surface area contributed by atoms with Gasteiger partial charge in [-0.3, -0.25) is 4.79 Å². The zero-order valence-electron chi connectivity index (χ0n) is 12.2. The molecule has 1 amide bonds. The number of carbonyl (C=O) groups is 1. The SMILES string of the molecule is CC(C)NCCCC(=O)NCC1CCCN(C)C1. The topological polar surface area (TPSA) is 44.4 Å². The summed E-state index contributed by atoms with van der Waals surface area (Å²) in [5, 5.41) is 6.39. The Kier molecular flexibility index (Phi) is 7.28. The van der Waals surface area contributed by atoms with Crippen LogP contribution in [0.4, 0.5) is 0 Å². The highest BCUT2D eigenvalue weighted by Gasteiger charge is 2.17. The van der Waals surface area contributed by atoms with Crippen LogP contribution < -0.4 is 10.6 Å². The quantitative estimate of drug-likeness (QED) is 0.672. The molecule has 1 aliphatic rings. The predicted molar refractivity (Wildman–Crippen MR) is 75.6 cm³/mol. The number of rotatable bonds is 7. The van der Waals surface area contributed by atoms with Crippen molar-refractivity contribution in [3.8, 4) is 0 Å². The second kappa shape index (κ2) is 8.48. The first-order valence-electron chi connectivity index (χ1n) is 7.26. The molecule has 0 radical (unpaired) electrons. The van der Waals surface area contributed by atoms with Gasteiger partial charge in [0.2, 0.25) is 5.91 Å². The maximum atomic E-state index is 11.7. The highest BCUT2D eigenvalue weighted by atomic mass is 16.1. The van der Waals surface area contributed by atoms with Crippen molar-refractivity contribution in [1.82, 2.24) is 15.5 Å². The molecule has 0 bridgehead atoms. The number of amides is 1. The molecule has 1 aliphatic heterocycles. The molecule has 2 N–H and O–H groups in total. The normalized spacial score (nSPS) is 21.2. The number of carbonyl (C=O) groups excluding carboxylic acids is 1. The van der Waals surface area contributed by atoms with E-state index in [9.17, 15) is 4.79 Å². The molecule has 0 aliphatic carbocycles. The summed E-state index contributed by atoms with van der Waals surface area (Å²) in [6.45, 7) is 8.35. The predicted octanol–water partition coefficient (Wildman–Crippen LogP) is 1.22. The van der Waals surface area contributed by atoms with Crippen molar-refractivity contribution in [3.05, 3.63) is 0 Å². The standard InChI is InChI=1S/C14H29N3O/c1-12(2)15-8-4-7-14(18)16-10-13-6-5-9-17(3)11-13/h12-13,15H,4-11H2,1-3H3,(H,16,18). The maximum Gasteiger partial charge on any atom is 0.220 e. The van der Waals surface area contributed by atoms with Crippen LogP contribution in [0.2, 0.25) is 0 Å². The molecule has 18 heavy (non-hydrogen) atoms. The summed E-state index contributed by atoms with van der Waals surface area (Å²) in [5.41, 5.74) is 0. The number of hydrogen-bond acceptors (Lipinski definition) is 3. The fourth-order valence-electron chi connectivity index (χ4n) is 2.43. The van der Waals surface area contributed by atoms with Crippen LogP contribution >= 0.6 is 0 Å². The third-order valence-electron chi connectivity index (χ3n) is 3.44. The van der Waals surface area contributed by atoms with E-state index in [4.69, 9.17) is 0 Å². The first-order chi connectivity index (χ1) is 8.58. The lowest BCUT2D eigenvalue weighted by Crippen LogP contribution is -2.39. The smallest absolute Gasteiger partial charge is 0.220 e. The van der Waals surface area contributed by atoms with E-state index in [1.54, 1.807) is 0 Å². The van der Waals surface area contributed by atoms with Crippen molar-refractivity contribution < 1.29 is 4.79 Å². The molecule has 0 spiro atoms. The van der Waals surface area contributed by atoms with Crippen LogP contribution in [0, 0.1) is 5.92 Å². The molecule has 1 heterocycles. The highest BCUT2D eigenvalue weighted by molar-refractivity contribution is 5.75. The summed E-state index contributed by atoms with van der Waals surface area (Å²) in [5.74, 6) is 0.843. The monoisotopic (exact) mass is 255 g/mol. The molecule has 1 saturated heterocycles. The number of piperidine rings is 1. The summed E-state index contributed by atoms with van der Waals surface area (Å²) in [4.78, 5) is 14.0. The number of hydrogen-bond donors (Lipinski definition) is 2. The molecule has 1 atom stereocenters. The van der Waals surface area contributed by atoms with Crippen LogP contribution in [0.15, 0.2) is 0 Å². The summed E-state index contributed by atoms with van der Waals surface area (Å²) < 4.78 is 0. The lowest BCUT2D eigenvalue weighted by atomic mass is 9.98. The molecule has 1 fully saturated rings. The fourth-order valence-corrected chi connectivity index (χ4v) is 2.43. The van der Waals surface area contributed by atoms with Crippen molar-refractivity contribution >= 4 is 5.91 Å². The van der Waals surface area contributed by atoms with Crippen LogP contribution in [-0.4, -0.2) is 50.1 Å². The minimum atomic E-state index is 0.203. The molecule has 0 aromatic rings. The van der Waals surface area contributed by atoms with E-state index in [-0.39, 0.29) is 5.91 Å². The van der Waals surface area contributed by atoms with E-state index in [0.717, 1.165) is 26.1 Å². The van der Waals surface area contributed by atoms with E-state index < -0.39 is 0 Å². The first kappa shape index (κ1) is 15.4. The van der Waals surface area contributed by atoms with Crippen molar-refractivity contribution in [2.45, 2.75) is 45.6 Å². The Hall–Kier alpha value is -0.610. The molecule has 4 heteroatoms. The van der Waals surface area contributed by atoms with E-state index in [1.165, 1.54) is 19.4 Å². The Balaban J connectivity index is 2.02. The minimum absolute atomic E-state index is 0.203. The lowest BCUT2D eigenvalue weighted by Gasteiger charge is -2.29. The van der Waals surface area contributed by atoms with Gasteiger partial charge in [-0.25, -0.2) is 0 Å². The average molecular weight is 255 g/mol. The Morgan fingerprint density at radius 3 is 2.89 bits per heavy atom. The van der Waals surface area contributed by atoms with Crippen LogP contribution in [-0.2, 0) is 4.79 Å². The van der Waals surface area contributed by atoms with Gasteiger partial charge in [0.1, 0.15) is 0 Å². The van der Waals surface area contributed by atoms with Gasteiger partial charge in [0, 0.05) is 25.6 Å². The van der Waals surface area contributed by atoms with Gasteiger partial charge in [0.15, 0.2) is 0 Å². The largest absolute Gasteiger partial charge is 0.356 e.